The summed E-state index contributed by atoms with van der Waals surface area (Å²) in [5.74, 6) is -0.716. The van der Waals surface area contributed by atoms with Crippen LogP contribution in [0, 0.1) is 0 Å². The van der Waals surface area contributed by atoms with E-state index in [9.17, 15) is 9.59 Å². The molecule has 0 saturated carbocycles. The van der Waals surface area contributed by atoms with Crippen LogP contribution < -0.4 is 9.47 Å². The van der Waals surface area contributed by atoms with Crippen LogP contribution in [0.1, 0.15) is 40.6 Å². The molecule has 0 radical (unpaired) electrons. The molecule has 0 aliphatic rings. The lowest BCUT2D eigenvalue weighted by Gasteiger charge is -2.14. The van der Waals surface area contributed by atoms with E-state index in [1.165, 1.54) is 26.0 Å². The first-order valence-corrected chi connectivity index (χ1v) is 10.7. The summed E-state index contributed by atoms with van der Waals surface area (Å²) in [7, 11) is 3.95. The van der Waals surface area contributed by atoms with Gasteiger partial charge in [0.25, 0.3) is 0 Å². The summed E-state index contributed by atoms with van der Waals surface area (Å²) in [5.41, 5.74) is 1.08. The molecule has 1 heterocycles. The van der Waals surface area contributed by atoms with Crippen LogP contribution in [0.3, 0.4) is 0 Å². The van der Waals surface area contributed by atoms with Crippen molar-refractivity contribution in [1.82, 2.24) is 9.78 Å². The van der Waals surface area contributed by atoms with Gasteiger partial charge in [-0.2, -0.15) is 5.10 Å². The Morgan fingerprint density at radius 3 is 2.33 bits per heavy atom. The van der Waals surface area contributed by atoms with Crippen molar-refractivity contribution < 1.29 is 28.5 Å². The third-order valence-corrected chi connectivity index (χ3v) is 5.18. The Morgan fingerprint density at radius 1 is 1.03 bits per heavy atom. The fourth-order valence-electron chi connectivity index (χ4n) is 3.27. The van der Waals surface area contributed by atoms with Gasteiger partial charge < -0.3 is 18.9 Å². The highest BCUT2D eigenvalue weighted by Crippen LogP contribution is 2.41. The molecule has 0 N–H and O–H groups in total. The van der Waals surface area contributed by atoms with Crippen LogP contribution in [-0.2, 0) is 9.47 Å². The minimum absolute atomic E-state index is 0.0500. The highest BCUT2D eigenvalue weighted by atomic mass is 35.5. The van der Waals surface area contributed by atoms with E-state index in [2.05, 4.69) is 12.0 Å². The predicted octanol–water partition coefficient (Wildman–Crippen LogP) is 4.95. The third kappa shape index (κ3) is 4.96. The first-order valence-electron chi connectivity index (χ1n) is 10.3. The lowest BCUT2D eigenvalue weighted by molar-refractivity contribution is 0.0549. The van der Waals surface area contributed by atoms with Crippen molar-refractivity contribution in [3.05, 3.63) is 58.7 Å². The largest absolute Gasteiger partial charge is 0.493 e. The van der Waals surface area contributed by atoms with Gasteiger partial charge in [-0.25, -0.2) is 14.3 Å². The van der Waals surface area contributed by atoms with Crippen molar-refractivity contribution in [3.63, 3.8) is 0 Å². The van der Waals surface area contributed by atoms with E-state index in [0.29, 0.717) is 29.4 Å². The number of nitrogens with zero attached hydrogens (tertiary/aromatic N) is 2. The van der Waals surface area contributed by atoms with E-state index in [4.69, 9.17) is 30.5 Å². The quantitative estimate of drug-likeness (QED) is 0.321. The second-order valence-corrected chi connectivity index (χ2v) is 7.40. The highest BCUT2D eigenvalue weighted by Gasteiger charge is 2.32. The van der Waals surface area contributed by atoms with Crippen LogP contribution in [0.2, 0.25) is 5.02 Å². The fourth-order valence-corrected chi connectivity index (χ4v) is 3.54. The van der Waals surface area contributed by atoms with E-state index < -0.39 is 11.9 Å². The number of ether oxygens (including phenoxy) is 4. The van der Waals surface area contributed by atoms with Crippen molar-refractivity contribution in [2.75, 3.05) is 27.9 Å². The zero-order chi connectivity index (χ0) is 24.0. The predicted molar refractivity (Wildman–Crippen MR) is 124 cm³/mol. The monoisotopic (exact) mass is 472 g/mol. The molecule has 174 valence electrons. The van der Waals surface area contributed by atoms with Gasteiger partial charge in [-0.1, -0.05) is 43.1 Å². The molecule has 0 amide bonds. The standard InChI is InChI=1S/C24H25ClN2O6/c1-5-6-12-33-22-17(25)13-15(14-18(22)30-2)20-19(23(28)31-3)21(24(29)32-4)27(26-20)16-10-8-7-9-11-16/h7-11,13-14H,5-6,12H2,1-4H3. The van der Waals surface area contributed by atoms with Gasteiger partial charge in [0.05, 0.1) is 38.6 Å². The summed E-state index contributed by atoms with van der Waals surface area (Å²) in [5, 5.41) is 4.85. The van der Waals surface area contributed by atoms with Crippen molar-refractivity contribution in [2.45, 2.75) is 19.8 Å². The molecule has 3 rings (SSSR count). The Balaban J connectivity index is 2.26. The Kier molecular flexibility index (Phi) is 7.95. The SMILES string of the molecule is CCCCOc1c(Cl)cc(-c2nn(-c3ccccc3)c(C(=O)OC)c2C(=O)OC)cc1OC. The molecule has 8 nitrogen and oxygen atoms in total. The normalized spacial score (nSPS) is 10.6. The van der Waals surface area contributed by atoms with Gasteiger partial charge in [-0.3, -0.25) is 0 Å². The zero-order valence-electron chi connectivity index (χ0n) is 18.9. The summed E-state index contributed by atoms with van der Waals surface area (Å²) in [6.45, 7) is 2.54. The van der Waals surface area contributed by atoms with Crippen LogP contribution >= 0.6 is 11.6 Å². The van der Waals surface area contributed by atoms with Crippen LogP contribution in [0.25, 0.3) is 16.9 Å². The second kappa shape index (κ2) is 10.9. The zero-order valence-corrected chi connectivity index (χ0v) is 19.6. The van der Waals surface area contributed by atoms with E-state index >= 15 is 0 Å². The number of hydrogen-bond donors (Lipinski definition) is 0. The van der Waals surface area contributed by atoms with Crippen molar-refractivity contribution in [1.29, 1.82) is 0 Å². The third-order valence-electron chi connectivity index (χ3n) is 4.90. The van der Waals surface area contributed by atoms with Crippen LogP contribution in [0.5, 0.6) is 11.5 Å². The number of aromatic nitrogens is 2. The summed E-state index contributed by atoms with van der Waals surface area (Å²) in [6.07, 6.45) is 1.82. The van der Waals surface area contributed by atoms with Gasteiger partial charge in [-0.15, -0.1) is 0 Å². The summed E-state index contributed by atoms with van der Waals surface area (Å²) in [4.78, 5) is 25.5. The Bertz CT molecular complexity index is 1140. The molecule has 0 fully saturated rings. The van der Waals surface area contributed by atoms with Gasteiger partial charge in [0.15, 0.2) is 17.2 Å². The Hall–Kier alpha value is -3.52. The molecule has 0 unspecified atom stereocenters. The molecule has 9 heteroatoms. The van der Waals surface area contributed by atoms with Crippen molar-refractivity contribution >= 4 is 23.5 Å². The second-order valence-electron chi connectivity index (χ2n) is 6.99. The van der Waals surface area contributed by atoms with E-state index in [1.54, 1.807) is 36.4 Å². The molecule has 0 aliphatic carbocycles. The van der Waals surface area contributed by atoms with Gasteiger partial charge in [0.1, 0.15) is 11.3 Å². The molecule has 0 atom stereocenters. The highest BCUT2D eigenvalue weighted by molar-refractivity contribution is 6.32. The average molecular weight is 473 g/mol. The van der Waals surface area contributed by atoms with Crippen molar-refractivity contribution in [2.24, 2.45) is 0 Å². The molecular weight excluding hydrogens is 448 g/mol. The van der Waals surface area contributed by atoms with Gasteiger partial charge in [-0.05, 0) is 30.7 Å². The van der Waals surface area contributed by atoms with Crippen molar-refractivity contribution in [3.8, 4) is 28.4 Å². The van der Waals surface area contributed by atoms with Crippen LogP contribution in [0.4, 0.5) is 0 Å². The number of para-hydroxylation sites is 1. The Labute approximate surface area is 197 Å². The first kappa shape index (κ1) is 24.1. The molecular formula is C24H25ClN2O6. The molecule has 2 aromatic carbocycles. The van der Waals surface area contributed by atoms with Crippen LogP contribution in [-0.4, -0.2) is 49.7 Å². The number of esters is 2. The lowest BCUT2D eigenvalue weighted by atomic mass is 10.0. The van der Waals surface area contributed by atoms with E-state index in [0.717, 1.165) is 12.8 Å². The number of rotatable bonds is 9. The Morgan fingerprint density at radius 2 is 1.73 bits per heavy atom. The minimum atomic E-state index is -0.744. The number of hydrogen-bond acceptors (Lipinski definition) is 7. The average Bonchev–Trinajstić information content (AvgIpc) is 3.25. The number of unbranched alkanes of at least 4 members (excludes halogenated alkanes) is 1. The molecule has 3 aromatic rings. The van der Waals surface area contributed by atoms with Gasteiger partial charge in [0, 0.05) is 5.56 Å². The number of halogens is 1. The maximum absolute atomic E-state index is 12.8. The lowest BCUT2D eigenvalue weighted by Crippen LogP contribution is -2.15. The summed E-state index contributed by atoms with van der Waals surface area (Å²) >= 11 is 6.51. The number of carbonyl (C=O) groups is 2. The number of methoxy groups -OCH3 is 3. The first-order chi connectivity index (χ1) is 16.0. The molecule has 0 spiro atoms. The number of carbonyl (C=O) groups excluding carboxylic acids is 2. The molecule has 0 bridgehead atoms. The summed E-state index contributed by atoms with van der Waals surface area (Å²) < 4.78 is 22.5. The summed E-state index contributed by atoms with van der Waals surface area (Å²) in [6, 6.07) is 12.2. The van der Waals surface area contributed by atoms with Gasteiger partial charge >= 0.3 is 11.9 Å². The van der Waals surface area contributed by atoms with Gasteiger partial charge in [0.2, 0.25) is 0 Å². The number of benzene rings is 2. The molecule has 0 saturated heterocycles. The smallest absolute Gasteiger partial charge is 0.357 e. The minimum Gasteiger partial charge on any atom is -0.493 e. The molecule has 0 aliphatic heterocycles. The topological polar surface area (TPSA) is 88.9 Å². The molecule has 33 heavy (non-hydrogen) atoms. The van der Waals surface area contributed by atoms with Crippen LogP contribution in [0.15, 0.2) is 42.5 Å². The fraction of sp³-hybridized carbons (Fsp3) is 0.292. The van der Waals surface area contributed by atoms with E-state index in [-0.39, 0.29) is 22.0 Å². The molecule has 1 aromatic heterocycles. The maximum atomic E-state index is 12.8. The maximum Gasteiger partial charge on any atom is 0.357 e. The van der Waals surface area contributed by atoms with E-state index in [1.807, 2.05) is 6.07 Å².